The standard InChI is InChI=1S/C21H24F3NO4/c22-21(23,24)29-20-12-15(8-9-18(20)27)17-6-2-3-7-19(17)28-14-16(26)13-25-10-4-1-5-11-25/h2-3,6-9,12,16,26-27H,1,4-5,10-11,13-14H2/t16-/m0/s1. The summed E-state index contributed by atoms with van der Waals surface area (Å²) in [5.41, 5.74) is 0.924. The lowest BCUT2D eigenvalue weighted by atomic mass is 10.0. The van der Waals surface area contributed by atoms with Crippen molar-refractivity contribution >= 4 is 0 Å². The molecule has 0 saturated carbocycles. The van der Waals surface area contributed by atoms with Crippen molar-refractivity contribution in [3.05, 3.63) is 42.5 Å². The van der Waals surface area contributed by atoms with E-state index in [-0.39, 0.29) is 6.61 Å². The Morgan fingerprint density at radius 3 is 2.45 bits per heavy atom. The number of hydrogen-bond acceptors (Lipinski definition) is 5. The van der Waals surface area contributed by atoms with Crippen molar-refractivity contribution in [1.29, 1.82) is 0 Å². The number of hydrogen-bond donors (Lipinski definition) is 2. The average molecular weight is 411 g/mol. The Morgan fingerprint density at radius 2 is 1.72 bits per heavy atom. The minimum absolute atomic E-state index is 0.0670. The van der Waals surface area contributed by atoms with E-state index in [1.807, 2.05) is 0 Å². The fourth-order valence-electron chi connectivity index (χ4n) is 3.40. The lowest BCUT2D eigenvalue weighted by Gasteiger charge is -2.28. The summed E-state index contributed by atoms with van der Waals surface area (Å²) in [5, 5.41) is 19.9. The number of aromatic hydroxyl groups is 1. The van der Waals surface area contributed by atoms with Crippen LogP contribution < -0.4 is 9.47 Å². The Kier molecular flexibility index (Phi) is 6.87. The number of aliphatic hydroxyl groups excluding tert-OH is 1. The monoisotopic (exact) mass is 411 g/mol. The van der Waals surface area contributed by atoms with E-state index in [1.165, 1.54) is 12.5 Å². The summed E-state index contributed by atoms with van der Waals surface area (Å²) >= 11 is 0. The van der Waals surface area contributed by atoms with Crippen LogP contribution >= 0.6 is 0 Å². The van der Waals surface area contributed by atoms with Crippen molar-refractivity contribution in [2.45, 2.75) is 31.7 Å². The third-order valence-corrected chi connectivity index (χ3v) is 4.73. The highest BCUT2D eigenvalue weighted by atomic mass is 19.4. The maximum absolute atomic E-state index is 12.5. The largest absolute Gasteiger partial charge is 0.573 e. The molecule has 0 aliphatic carbocycles. The van der Waals surface area contributed by atoms with Gasteiger partial charge in [0.1, 0.15) is 18.5 Å². The van der Waals surface area contributed by atoms with Crippen molar-refractivity contribution in [1.82, 2.24) is 4.90 Å². The molecule has 1 heterocycles. The van der Waals surface area contributed by atoms with E-state index in [0.717, 1.165) is 38.1 Å². The van der Waals surface area contributed by atoms with Crippen LogP contribution in [0.4, 0.5) is 13.2 Å². The van der Waals surface area contributed by atoms with Crippen LogP contribution in [0.15, 0.2) is 42.5 Å². The first-order valence-electron chi connectivity index (χ1n) is 9.53. The number of alkyl halides is 3. The van der Waals surface area contributed by atoms with E-state index < -0.39 is 24.0 Å². The van der Waals surface area contributed by atoms with Gasteiger partial charge in [0, 0.05) is 12.1 Å². The van der Waals surface area contributed by atoms with Crippen LogP contribution in [0.3, 0.4) is 0 Å². The number of rotatable bonds is 7. The maximum atomic E-state index is 12.5. The number of phenols is 1. The van der Waals surface area contributed by atoms with E-state index in [1.54, 1.807) is 24.3 Å². The molecule has 5 nitrogen and oxygen atoms in total. The molecule has 3 rings (SSSR count). The highest BCUT2D eigenvalue weighted by Gasteiger charge is 2.32. The fourth-order valence-corrected chi connectivity index (χ4v) is 3.40. The lowest BCUT2D eigenvalue weighted by Crippen LogP contribution is -2.38. The van der Waals surface area contributed by atoms with Crippen LogP contribution in [0.1, 0.15) is 19.3 Å². The summed E-state index contributed by atoms with van der Waals surface area (Å²) in [4.78, 5) is 2.20. The van der Waals surface area contributed by atoms with Gasteiger partial charge in [-0.25, -0.2) is 0 Å². The second kappa shape index (κ2) is 9.37. The zero-order valence-electron chi connectivity index (χ0n) is 15.9. The van der Waals surface area contributed by atoms with Gasteiger partial charge in [-0.1, -0.05) is 30.7 Å². The fraction of sp³-hybridized carbons (Fsp3) is 0.429. The zero-order valence-corrected chi connectivity index (χ0v) is 15.9. The third kappa shape index (κ3) is 6.27. The van der Waals surface area contributed by atoms with Crippen molar-refractivity contribution in [2.24, 2.45) is 0 Å². The Balaban J connectivity index is 1.71. The summed E-state index contributed by atoms with van der Waals surface area (Å²) in [5.74, 6) is -0.870. The molecule has 0 unspecified atom stereocenters. The summed E-state index contributed by atoms with van der Waals surface area (Å²) < 4.78 is 47.3. The van der Waals surface area contributed by atoms with E-state index >= 15 is 0 Å². The van der Waals surface area contributed by atoms with Crippen LogP contribution in [-0.4, -0.2) is 53.8 Å². The molecule has 2 N–H and O–H groups in total. The van der Waals surface area contributed by atoms with E-state index in [4.69, 9.17) is 4.74 Å². The van der Waals surface area contributed by atoms with Gasteiger partial charge in [-0.05, 0) is 49.7 Å². The first kappa shape index (κ1) is 21.3. The third-order valence-electron chi connectivity index (χ3n) is 4.73. The maximum Gasteiger partial charge on any atom is 0.573 e. The summed E-state index contributed by atoms with van der Waals surface area (Å²) in [6.07, 6.45) is -2.13. The van der Waals surface area contributed by atoms with Gasteiger partial charge in [0.15, 0.2) is 11.5 Å². The van der Waals surface area contributed by atoms with Gasteiger partial charge in [-0.3, -0.25) is 0 Å². The molecule has 1 aliphatic rings. The van der Waals surface area contributed by atoms with Crippen molar-refractivity contribution in [3.63, 3.8) is 0 Å². The highest BCUT2D eigenvalue weighted by molar-refractivity contribution is 5.72. The molecule has 0 radical (unpaired) electrons. The SMILES string of the molecule is Oc1ccc(-c2ccccc2OC[C@@H](O)CN2CCCCC2)cc1OC(F)(F)F. The van der Waals surface area contributed by atoms with E-state index in [2.05, 4.69) is 9.64 Å². The van der Waals surface area contributed by atoms with Gasteiger partial charge >= 0.3 is 6.36 Å². The number of phenolic OH excluding ortho intramolecular Hbond substituents is 1. The van der Waals surface area contributed by atoms with E-state index in [0.29, 0.717) is 23.4 Å². The van der Waals surface area contributed by atoms with Gasteiger partial charge in [0.2, 0.25) is 0 Å². The molecule has 8 heteroatoms. The first-order valence-corrected chi connectivity index (χ1v) is 9.53. The Bertz CT molecular complexity index is 807. The van der Waals surface area contributed by atoms with Crippen LogP contribution in [0, 0.1) is 0 Å². The number of likely N-dealkylation sites (tertiary alicyclic amines) is 1. The molecule has 0 spiro atoms. The molecular weight excluding hydrogens is 387 g/mol. The molecule has 1 atom stereocenters. The molecule has 2 aromatic rings. The molecule has 1 fully saturated rings. The van der Waals surface area contributed by atoms with Crippen LogP contribution in [0.2, 0.25) is 0 Å². The van der Waals surface area contributed by atoms with Gasteiger partial charge in [-0.2, -0.15) is 0 Å². The van der Waals surface area contributed by atoms with Gasteiger partial charge in [-0.15, -0.1) is 13.2 Å². The molecule has 0 aromatic heterocycles. The summed E-state index contributed by atoms with van der Waals surface area (Å²) in [6, 6.07) is 10.6. The number of aliphatic hydroxyl groups is 1. The minimum Gasteiger partial charge on any atom is -0.504 e. The summed E-state index contributed by atoms with van der Waals surface area (Å²) in [7, 11) is 0. The molecule has 0 bridgehead atoms. The van der Waals surface area contributed by atoms with Gasteiger partial charge in [0.25, 0.3) is 0 Å². The predicted molar refractivity (Wildman–Crippen MR) is 102 cm³/mol. The minimum atomic E-state index is -4.91. The second-order valence-electron chi connectivity index (χ2n) is 7.05. The number of para-hydroxylation sites is 1. The second-order valence-corrected chi connectivity index (χ2v) is 7.05. The Hall–Kier alpha value is -2.45. The molecule has 1 aliphatic heterocycles. The number of piperidine rings is 1. The molecule has 2 aromatic carbocycles. The molecule has 1 saturated heterocycles. The smallest absolute Gasteiger partial charge is 0.504 e. The quantitative estimate of drug-likeness (QED) is 0.716. The zero-order chi connectivity index (χ0) is 20.9. The average Bonchev–Trinajstić information content (AvgIpc) is 2.68. The summed E-state index contributed by atoms with van der Waals surface area (Å²) in [6.45, 7) is 2.51. The number of nitrogens with zero attached hydrogens (tertiary/aromatic N) is 1. The van der Waals surface area contributed by atoms with Crippen LogP contribution in [-0.2, 0) is 0 Å². The van der Waals surface area contributed by atoms with Crippen LogP contribution in [0.5, 0.6) is 17.2 Å². The van der Waals surface area contributed by atoms with Gasteiger partial charge in [0.05, 0.1) is 0 Å². The predicted octanol–water partition coefficient (Wildman–Crippen LogP) is 4.18. The first-order chi connectivity index (χ1) is 13.8. The Labute approximate surface area is 167 Å². The van der Waals surface area contributed by atoms with Crippen LogP contribution in [0.25, 0.3) is 11.1 Å². The van der Waals surface area contributed by atoms with Crippen molar-refractivity contribution < 1.29 is 32.9 Å². The topological polar surface area (TPSA) is 62.2 Å². The number of β-amino-alcohol motifs (C(OH)–C–C–N with tert-alkyl or cyclic N) is 1. The van der Waals surface area contributed by atoms with E-state index in [9.17, 15) is 23.4 Å². The molecule has 29 heavy (non-hydrogen) atoms. The molecule has 158 valence electrons. The van der Waals surface area contributed by atoms with Crippen molar-refractivity contribution in [2.75, 3.05) is 26.2 Å². The molecular formula is C21H24F3NO4. The Morgan fingerprint density at radius 1 is 1.00 bits per heavy atom. The van der Waals surface area contributed by atoms with Gasteiger partial charge < -0.3 is 24.6 Å². The number of ether oxygens (including phenoxy) is 2. The lowest BCUT2D eigenvalue weighted by molar-refractivity contribution is -0.275. The van der Waals surface area contributed by atoms with Crippen molar-refractivity contribution in [3.8, 4) is 28.4 Å². The normalized spacial score (nSPS) is 16.4. The molecule has 0 amide bonds. The highest BCUT2D eigenvalue weighted by Crippen LogP contribution is 2.38. The number of benzene rings is 2. The number of halogens is 3.